The zero-order chi connectivity index (χ0) is 12.1. The third kappa shape index (κ3) is 2.54. The molecule has 0 unspecified atom stereocenters. The molecule has 0 radical (unpaired) electrons. The molecule has 0 aliphatic carbocycles. The molecule has 4 heteroatoms. The van der Waals surface area contributed by atoms with Crippen molar-refractivity contribution in [2.75, 3.05) is 6.61 Å². The van der Waals surface area contributed by atoms with Crippen LogP contribution in [0.3, 0.4) is 0 Å². The van der Waals surface area contributed by atoms with E-state index in [1.807, 2.05) is 29.0 Å². The quantitative estimate of drug-likeness (QED) is 0.798. The van der Waals surface area contributed by atoms with Crippen LogP contribution >= 0.6 is 0 Å². The Kier molecular flexibility index (Phi) is 3.57. The van der Waals surface area contributed by atoms with Crippen molar-refractivity contribution in [1.82, 2.24) is 9.55 Å². The molecular weight excluding hydrogens is 216 g/mol. The molecular formula is C13H14N2O2. The summed E-state index contributed by atoms with van der Waals surface area (Å²) < 4.78 is 7.32. The molecule has 0 fully saturated rings. The third-order valence-corrected chi connectivity index (χ3v) is 2.37. The average Bonchev–Trinajstić information content (AvgIpc) is 2.90. The smallest absolute Gasteiger partial charge is 0.125 e. The number of ether oxygens (including phenoxy) is 1. The summed E-state index contributed by atoms with van der Waals surface area (Å²) in [4.78, 5) is 3.98. The molecule has 17 heavy (non-hydrogen) atoms. The van der Waals surface area contributed by atoms with Crippen LogP contribution in [-0.4, -0.2) is 21.3 Å². The third-order valence-electron chi connectivity index (χ3n) is 2.37. The Balaban J connectivity index is 2.30. The van der Waals surface area contributed by atoms with Gasteiger partial charge in [0.1, 0.15) is 12.4 Å². The normalized spacial score (nSPS) is 10.2. The van der Waals surface area contributed by atoms with Gasteiger partial charge in [0.05, 0.1) is 12.9 Å². The number of benzene rings is 1. The van der Waals surface area contributed by atoms with Gasteiger partial charge in [-0.2, -0.15) is 0 Å². The lowest BCUT2D eigenvalue weighted by molar-refractivity contribution is 0.270. The fourth-order valence-electron chi connectivity index (χ4n) is 1.55. The Hall–Kier alpha value is -2.07. The topological polar surface area (TPSA) is 47.3 Å². The molecule has 1 aromatic heterocycles. The molecule has 0 saturated carbocycles. The predicted molar refractivity (Wildman–Crippen MR) is 65.2 cm³/mol. The van der Waals surface area contributed by atoms with Crippen LogP contribution in [0.15, 0.2) is 49.6 Å². The fraction of sp³-hybridized carbons (Fsp3) is 0.154. The maximum atomic E-state index is 9.31. The van der Waals surface area contributed by atoms with Gasteiger partial charge >= 0.3 is 0 Å². The molecule has 0 spiro atoms. The van der Waals surface area contributed by atoms with Gasteiger partial charge in [-0.25, -0.2) is 4.98 Å². The average molecular weight is 230 g/mol. The molecule has 1 aromatic carbocycles. The number of hydrogen-bond donors (Lipinski definition) is 1. The second kappa shape index (κ2) is 5.32. The van der Waals surface area contributed by atoms with Crippen molar-refractivity contribution < 1.29 is 9.84 Å². The van der Waals surface area contributed by atoms with Crippen LogP contribution < -0.4 is 4.74 Å². The van der Waals surface area contributed by atoms with Crippen molar-refractivity contribution in [3.8, 4) is 11.4 Å². The van der Waals surface area contributed by atoms with Crippen LogP contribution in [0.2, 0.25) is 0 Å². The minimum absolute atomic E-state index is 0.0605. The minimum Gasteiger partial charge on any atom is -0.489 e. The molecule has 1 N–H and O–H groups in total. The Labute approximate surface area is 99.8 Å². The summed E-state index contributed by atoms with van der Waals surface area (Å²) in [6.45, 7) is 3.96. The second-order valence-electron chi connectivity index (χ2n) is 3.52. The second-order valence-corrected chi connectivity index (χ2v) is 3.52. The van der Waals surface area contributed by atoms with E-state index in [4.69, 9.17) is 4.74 Å². The van der Waals surface area contributed by atoms with E-state index in [2.05, 4.69) is 11.6 Å². The summed E-state index contributed by atoms with van der Waals surface area (Å²) >= 11 is 0. The molecule has 2 rings (SSSR count). The van der Waals surface area contributed by atoms with Crippen molar-refractivity contribution in [3.63, 3.8) is 0 Å². The number of imidazole rings is 1. The van der Waals surface area contributed by atoms with Crippen LogP contribution in [-0.2, 0) is 6.61 Å². The van der Waals surface area contributed by atoms with Gasteiger partial charge in [-0.3, -0.25) is 0 Å². The molecule has 88 valence electrons. The van der Waals surface area contributed by atoms with Gasteiger partial charge < -0.3 is 14.4 Å². The monoisotopic (exact) mass is 230 g/mol. The highest BCUT2D eigenvalue weighted by Crippen LogP contribution is 2.22. The van der Waals surface area contributed by atoms with E-state index >= 15 is 0 Å². The standard InChI is InChI=1S/C13H14N2O2/c1-2-7-17-13-4-3-12(8-11(13)9-16)15-6-5-14-10-15/h2-6,8,10,16H,1,7,9H2. The van der Waals surface area contributed by atoms with E-state index in [0.29, 0.717) is 12.4 Å². The van der Waals surface area contributed by atoms with Gasteiger partial charge in [-0.1, -0.05) is 12.7 Å². The first-order chi connectivity index (χ1) is 8.35. The molecule has 0 amide bonds. The maximum Gasteiger partial charge on any atom is 0.125 e. The van der Waals surface area contributed by atoms with Crippen LogP contribution in [0.25, 0.3) is 5.69 Å². The number of aliphatic hydroxyl groups is 1. The van der Waals surface area contributed by atoms with Crippen molar-refractivity contribution in [2.24, 2.45) is 0 Å². The number of aliphatic hydroxyl groups excluding tert-OH is 1. The van der Waals surface area contributed by atoms with Gasteiger partial charge in [0, 0.05) is 23.6 Å². The number of nitrogens with zero attached hydrogens (tertiary/aromatic N) is 2. The molecule has 0 bridgehead atoms. The molecule has 2 aromatic rings. The highest BCUT2D eigenvalue weighted by atomic mass is 16.5. The zero-order valence-electron chi connectivity index (χ0n) is 9.41. The van der Waals surface area contributed by atoms with Crippen molar-refractivity contribution in [3.05, 3.63) is 55.1 Å². The number of aromatic nitrogens is 2. The molecule has 0 aliphatic rings. The van der Waals surface area contributed by atoms with E-state index in [1.165, 1.54) is 0 Å². The first-order valence-corrected chi connectivity index (χ1v) is 5.31. The molecule has 4 nitrogen and oxygen atoms in total. The molecule has 0 aliphatic heterocycles. The van der Waals surface area contributed by atoms with E-state index < -0.39 is 0 Å². The Bertz CT molecular complexity index is 492. The van der Waals surface area contributed by atoms with Gasteiger partial charge in [0.2, 0.25) is 0 Å². The minimum atomic E-state index is -0.0605. The first-order valence-electron chi connectivity index (χ1n) is 5.31. The molecule has 1 heterocycles. The lowest BCUT2D eigenvalue weighted by Gasteiger charge is -2.10. The molecule has 0 atom stereocenters. The van der Waals surface area contributed by atoms with Gasteiger partial charge in [0.15, 0.2) is 0 Å². The first kappa shape index (κ1) is 11.4. The Morgan fingerprint density at radius 2 is 2.35 bits per heavy atom. The number of rotatable bonds is 5. The summed E-state index contributed by atoms with van der Waals surface area (Å²) in [5, 5.41) is 9.31. The fourth-order valence-corrected chi connectivity index (χ4v) is 1.55. The van der Waals surface area contributed by atoms with Crippen LogP contribution in [0, 0.1) is 0 Å². The van der Waals surface area contributed by atoms with Crippen molar-refractivity contribution in [1.29, 1.82) is 0 Å². The van der Waals surface area contributed by atoms with Crippen LogP contribution in [0.1, 0.15) is 5.56 Å². The summed E-state index contributed by atoms with van der Waals surface area (Å²) in [5.74, 6) is 0.677. The van der Waals surface area contributed by atoms with Crippen LogP contribution in [0.4, 0.5) is 0 Å². The highest BCUT2D eigenvalue weighted by molar-refractivity contribution is 5.44. The Morgan fingerprint density at radius 3 is 3.00 bits per heavy atom. The SMILES string of the molecule is C=CCOc1ccc(-n2ccnc2)cc1CO. The molecule has 0 saturated heterocycles. The van der Waals surface area contributed by atoms with Crippen LogP contribution in [0.5, 0.6) is 5.75 Å². The Morgan fingerprint density at radius 1 is 1.47 bits per heavy atom. The summed E-state index contributed by atoms with van der Waals surface area (Å²) in [5.41, 5.74) is 1.69. The summed E-state index contributed by atoms with van der Waals surface area (Å²) in [7, 11) is 0. The zero-order valence-corrected chi connectivity index (χ0v) is 9.41. The predicted octanol–water partition coefficient (Wildman–Crippen LogP) is 1.93. The number of hydrogen-bond acceptors (Lipinski definition) is 3. The van der Waals surface area contributed by atoms with E-state index in [1.54, 1.807) is 18.6 Å². The summed E-state index contributed by atoms with van der Waals surface area (Å²) in [6, 6.07) is 5.63. The van der Waals surface area contributed by atoms with Gasteiger partial charge in [-0.15, -0.1) is 0 Å². The highest BCUT2D eigenvalue weighted by Gasteiger charge is 2.05. The largest absolute Gasteiger partial charge is 0.489 e. The van der Waals surface area contributed by atoms with Crippen molar-refractivity contribution in [2.45, 2.75) is 6.61 Å². The maximum absolute atomic E-state index is 9.31. The lowest BCUT2D eigenvalue weighted by atomic mass is 10.2. The van der Waals surface area contributed by atoms with Crippen molar-refractivity contribution >= 4 is 0 Å². The summed E-state index contributed by atoms with van der Waals surface area (Å²) in [6.07, 6.45) is 6.94. The van der Waals surface area contributed by atoms with Gasteiger partial charge in [0.25, 0.3) is 0 Å². The lowest BCUT2D eigenvalue weighted by Crippen LogP contribution is -1.99. The van der Waals surface area contributed by atoms with E-state index in [0.717, 1.165) is 11.3 Å². The van der Waals surface area contributed by atoms with Gasteiger partial charge in [-0.05, 0) is 18.2 Å². The van der Waals surface area contributed by atoms with E-state index in [-0.39, 0.29) is 6.61 Å². The van der Waals surface area contributed by atoms with E-state index in [9.17, 15) is 5.11 Å².